The van der Waals surface area contributed by atoms with Gasteiger partial charge in [0.2, 0.25) is 10.0 Å². The lowest BCUT2D eigenvalue weighted by Crippen LogP contribution is -2.32. The van der Waals surface area contributed by atoms with Gasteiger partial charge in [-0.3, -0.25) is 9.59 Å². The highest BCUT2D eigenvalue weighted by molar-refractivity contribution is 7.89. The van der Waals surface area contributed by atoms with Crippen LogP contribution >= 0.6 is 11.3 Å². The summed E-state index contributed by atoms with van der Waals surface area (Å²) in [5, 5.41) is 21.0. The first-order valence-electron chi connectivity index (χ1n) is 10.4. The number of nitriles is 2. The van der Waals surface area contributed by atoms with Gasteiger partial charge in [0, 0.05) is 37.9 Å². The van der Waals surface area contributed by atoms with Gasteiger partial charge in [-0.25, -0.2) is 8.42 Å². The van der Waals surface area contributed by atoms with Crippen molar-refractivity contribution >= 4 is 38.1 Å². The molecule has 8 nitrogen and oxygen atoms in total. The molecule has 33 heavy (non-hydrogen) atoms. The number of ketones is 1. The van der Waals surface area contributed by atoms with Crippen LogP contribution in [0.3, 0.4) is 0 Å². The fraction of sp³-hybridized carbons (Fsp3) is 0.391. The maximum atomic E-state index is 12.9. The van der Waals surface area contributed by atoms with Crippen LogP contribution in [0.25, 0.3) is 0 Å². The highest BCUT2D eigenvalue weighted by atomic mass is 32.2. The molecule has 0 saturated heterocycles. The minimum Gasteiger partial charge on any atom is -0.314 e. The van der Waals surface area contributed by atoms with Crippen LogP contribution in [0.15, 0.2) is 35.2 Å². The van der Waals surface area contributed by atoms with Gasteiger partial charge in [-0.05, 0) is 47.7 Å². The number of carbonyl (C=O) groups excluding carboxylic acids is 2. The number of hydrogen-bond donors (Lipinski definition) is 1. The lowest BCUT2D eigenvalue weighted by Gasteiger charge is -2.27. The molecule has 0 fully saturated rings. The monoisotopic (exact) mass is 484 g/mol. The van der Waals surface area contributed by atoms with E-state index in [4.69, 9.17) is 10.5 Å². The van der Waals surface area contributed by atoms with Crippen molar-refractivity contribution in [3.05, 3.63) is 46.3 Å². The third kappa shape index (κ3) is 5.66. The van der Waals surface area contributed by atoms with E-state index in [2.05, 4.69) is 5.32 Å². The molecule has 0 bridgehead atoms. The zero-order valence-corrected chi connectivity index (χ0v) is 20.1. The van der Waals surface area contributed by atoms with Gasteiger partial charge in [-0.15, -0.1) is 11.3 Å². The molecule has 0 radical (unpaired) electrons. The number of nitrogens with one attached hydrogen (secondary N) is 1. The molecule has 2 aromatic rings. The third-order valence-electron chi connectivity index (χ3n) is 5.31. The summed E-state index contributed by atoms with van der Waals surface area (Å²) >= 11 is 1.26. The molecule has 0 atom stereocenters. The highest BCUT2D eigenvalue weighted by Crippen LogP contribution is 2.40. The van der Waals surface area contributed by atoms with Gasteiger partial charge in [0.25, 0.3) is 5.91 Å². The molecule has 1 aromatic carbocycles. The van der Waals surface area contributed by atoms with Crippen molar-refractivity contribution < 1.29 is 18.0 Å². The second-order valence-electron chi connectivity index (χ2n) is 8.60. The summed E-state index contributed by atoms with van der Waals surface area (Å²) in [6.45, 7) is 4.06. The highest BCUT2D eigenvalue weighted by Gasteiger charge is 2.33. The number of fused-ring (bicyclic) bond motifs is 1. The first-order chi connectivity index (χ1) is 15.6. The smallest absolute Gasteiger partial charge is 0.256 e. The number of amides is 1. The number of Topliss-reactive ketones (excluding diaryl/α,β-unsaturated/α-hetero) is 1. The zero-order chi connectivity index (χ0) is 24.2. The summed E-state index contributed by atoms with van der Waals surface area (Å²) in [6, 6.07) is 11.1. The van der Waals surface area contributed by atoms with Crippen LogP contribution in [0, 0.1) is 28.1 Å². The Bertz CT molecular complexity index is 1230. The van der Waals surface area contributed by atoms with Gasteiger partial charge in [0.15, 0.2) is 5.78 Å². The number of benzene rings is 1. The van der Waals surface area contributed by atoms with Gasteiger partial charge < -0.3 is 5.32 Å². The Balaban J connectivity index is 1.75. The molecule has 1 aliphatic rings. The summed E-state index contributed by atoms with van der Waals surface area (Å²) in [5.74, 6) is -0.325. The summed E-state index contributed by atoms with van der Waals surface area (Å²) < 4.78 is 26.9. The van der Waals surface area contributed by atoms with Crippen LogP contribution in [-0.4, -0.2) is 37.5 Å². The Kier molecular flexibility index (Phi) is 7.33. The number of carbonyl (C=O) groups is 2. The fourth-order valence-corrected chi connectivity index (χ4v) is 6.22. The molecule has 1 N–H and O–H groups in total. The molecule has 10 heteroatoms. The van der Waals surface area contributed by atoms with E-state index in [0.717, 1.165) is 16.3 Å². The topological polar surface area (TPSA) is 131 Å². The second-order valence-corrected chi connectivity index (χ2v) is 11.6. The summed E-state index contributed by atoms with van der Waals surface area (Å²) in [5.41, 5.74) is 1.10. The quantitative estimate of drug-likeness (QED) is 0.603. The van der Waals surface area contributed by atoms with E-state index >= 15 is 0 Å². The van der Waals surface area contributed by atoms with Gasteiger partial charge in [0.1, 0.15) is 0 Å². The lowest BCUT2D eigenvalue weighted by atomic mass is 9.76. The summed E-state index contributed by atoms with van der Waals surface area (Å²) in [4.78, 5) is 25.7. The molecule has 172 valence electrons. The number of rotatable bonds is 8. The Morgan fingerprint density at radius 2 is 1.73 bits per heavy atom. The fourth-order valence-electron chi connectivity index (χ4n) is 3.76. The van der Waals surface area contributed by atoms with E-state index in [1.165, 1.54) is 35.6 Å². The summed E-state index contributed by atoms with van der Waals surface area (Å²) in [6.07, 6.45) is 1.26. The molecule has 3 rings (SSSR count). The van der Waals surface area contributed by atoms with Gasteiger partial charge >= 0.3 is 0 Å². The predicted molar refractivity (Wildman–Crippen MR) is 124 cm³/mol. The Labute approximate surface area is 197 Å². The standard InChI is InChI=1S/C23H24N4O4S2/c1-23(2)14-17-13-20(32-21(17)19(28)15-23)26-22(29)16-5-7-18(8-6-16)33(30,31)27(11-3-9-24)12-4-10-25/h5-8,13H,3-4,11-12,14-15H2,1-2H3,(H,26,29). The van der Waals surface area contributed by atoms with Gasteiger partial charge in [0.05, 0.1) is 26.9 Å². The molecule has 1 aliphatic carbocycles. The number of sulfonamides is 1. The Morgan fingerprint density at radius 1 is 1.12 bits per heavy atom. The van der Waals surface area contributed by atoms with Crippen molar-refractivity contribution in [3.8, 4) is 12.1 Å². The zero-order valence-electron chi connectivity index (χ0n) is 18.4. The predicted octanol–water partition coefficient (Wildman–Crippen LogP) is 3.97. The van der Waals surface area contributed by atoms with Crippen molar-refractivity contribution in [2.75, 3.05) is 18.4 Å². The summed E-state index contributed by atoms with van der Waals surface area (Å²) in [7, 11) is -3.90. The van der Waals surface area contributed by atoms with E-state index in [0.29, 0.717) is 16.3 Å². The Morgan fingerprint density at radius 3 is 2.30 bits per heavy atom. The van der Waals surface area contributed by atoms with Crippen molar-refractivity contribution in [1.82, 2.24) is 4.31 Å². The SMILES string of the molecule is CC1(C)CC(=O)c2sc(NC(=O)c3ccc(S(=O)(=O)N(CCC#N)CCC#N)cc3)cc2C1. The van der Waals surface area contributed by atoms with Gasteiger partial charge in [-0.2, -0.15) is 14.8 Å². The maximum Gasteiger partial charge on any atom is 0.256 e. The second kappa shape index (κ2) is 9.84. The minimum atomic E-state index is -3.90. The van der Waals surface area contributed by atoms with Gasteiger partial charge in [-0.1, -0.05) is 13.8 Å². The van der Waals surface area contributed by atoms with Crippen molar-refractivity contribution in [1.29, 1.82) is 10.5 Å². The largest absolute Gasteiger partial charge is 0.314 e. The van der Waals surface area contributed by atoms with Crippen LogP contribution in [0.2, 0.25) is 0 Å². The van der Waals surface area contributed by atoms with E-state index in [1.807, 2.05) is 32.1 Å². The number of anilines is 1. The van der Waals surface area contributed by atoms with Crippen molar-refractivity contribution in [2.45, 2.75) is 44.4 Å². The molecule has 1 heterocycles. The van der Waals surface area contributed by atoms with Crippen molar-refractivity contribution in [2.24, 2.45) is 5.41 Å². The van der Waals surface area contributed by atoms with E-state index in [9.17, 15) is 18.0 Å². The average molecular weight is 485 g/mol. The molecular formula is C23H24N4O4S2. The van der Waals surface area contributed by atoms with Crippen molar-refractivity contribution in [3.63, 3.8) is 0 Å². The average Bonchev–Trinajstić information content (AvgIpc) is 3.15. The Hall–Kier alpha value is -3.05. The maximum absolute atomic E-state index is 12.9. The number of hydrogen-bond acceptors (Lipinski definition) is 7. The van der Waals surface area contributed by atoms with Crippen LogP contribution in [0.5, 0.6) is 0 Å². The molecule has 1 amide bonds. The van der Waals surface area contributed by atoms with Crippen LogP contribution < -0.4 is 5.32 Å². The molecule has 0 spiro atoms. The molecule has 0 aliphatic heterocycles. The minimum absolute atomic E-state index is 0.00955. The number of thiophene rings is 1. The molecular weight excluding hydrogens is 460 g/mol. The normalized spacial score (nSPS) is 14.9. The molecule has 0 unspecified atom stereocenters. The van der Waals surface area contributed by atoms with E-state index in [-0.39, 0.29) is 47.6 Å². The third-order valence-corrected chi connectivity index (χ3v) is 8.35. The molecule has 0 saturated carbocycles. The van der Waals surface area contributed by atoms with E-state index in [1.54, 1.807) is 0 Å². The molecule has 1 aromatic heterocycles. The first-order valence-corrected chi connectivity index (χ1v) is 12.6. The van der Waals surface area contributed by atoms with E-state index < -0.39 is 15.9 Å². The van der Waals surface area contributed by atoms with Crippen LogP contribution in [-0.2, 0) is 16.4 Å². The first kappa shape index (κ1) is 24.6. The van der Waals surface area contributed by atoms with Crippen LogP contribution in [0.4, 0.5) is 5.00 Å². The number of nitrogens with zero attached hydrogens (tertiary/aromatic N) is 3. The van der Waals surface area contributed by atoms with Crippen LogP contribution in [0.1, 0.15) is 58.7 Å². The lowest BCUT2D eigenvalue weighted by molar-refractivity contribution is 0.0917.